The monoisotopic (exact) mass is 412 g/mol. The highest BCUT2D eigenvalue weighted by atomic mass is 19.4. The molecule has 1 aliphatic heterocycles. The molecule has 4 heterocycles. The fraction of sp³-hybridized carbons (Fsp3) is 0.286. The molecule has 0 bridgehead atoms. The third kappa shape index (κ3) is 3.15. The lowest BCUT2D eigenvalue weighted by molar-refractivity contribution is -0.138. The molecule has 1 aliphatic rings. The zero-order valence-electron chi connectivity index (χ0n) is 16.3. The summed E-state index contributed by atoms with van der Waals surface area (Å²) in [5.74, 6) is 0. The van der Waals surface area contributed by atoms with Gasteiger partial charge < -0.3 is 0 Å². The van der Waals surface area contributed by atoms with Crippen LogP contribution in [-0.2, 0) is 19.8 Å². The highest BCUT2D eigenvalue weighted by Crippen LogP contribution is 2.39. The first-order valence-corrected chi connectivity index (χ1v) is 9.65. The lowest BCUT2D eigenvalue weighted by Gasteiger charge is -2.32. The molecule has 3 aromatic heterocycles. The van der Waals surface area contributed by atoms with Gasteiger partial charge in [-0.25, -0.2) is 4.68 Å². The summed E-state index contributed by atoms with van der Waals surface area (Å²) >= 11 is 0. The predicted octanol–water partition coefficient (Wildman–Crippen LogP) is 4.05. The molecule has 30 heavy (non-hydrogen) atoms. The number of hydrogen-bond acceptors (Lipinski definition) is 4. The van der Waals surface area contributed by atoms with E-state index in [2.05, 4.69) is 15.2 Å². The smallest absolute Gasteiger partial charge is 0.299 e. The van der Waals surface area contributed by atoms with E-state index in [9.17, 15) is 13.2 Å². The molecule has 0 amide bonds. The fourth-order valence-electron chi connectivity index (χ4n) is 3.91. The van der Waals surface area contributed by atoms with Gasteiger partial charge in [0.05, 0.1) is 29.2 Å². The van der Waals surface area contributed by atoms with Crippen LogP contribution in [0.15, 0.2) is 49.1 Å². The molecule has 1 fully saturated rings. The second-order valence-corrected chi connectivity index (χ2v) is 7.49. The molecule has 9 heteroatoms. The Morgan fingerprint density at radius 3 is 2.60 bits per heavy atom. The molecule has 1 saturated heterocycles. The van der Waals surface area contributed by atoms with Gasteiger partial charge in [-0.15, -0.1) is 0 Å². The number of aryl methyl sites for hydroxylation is 1. The van der Waals surface area contributed by atoms with Gasteiger partial charge in [0.1, 0.15) is 5.69 Å². The molecule has 154 valence electrons. The van der Waals surface area contributed by atoms with Crippen molar-refractivity contribution in [2.24, 2.45) is 7.05 Å². The van der Waals surface area contributed by atoms with Crippen LogP contribution in [0.3, 0.4) is 0 Å². The average Bonchev–Trinajstić information content (AvgIpc) is 3.27. The second-order valence-electron chi connectivity index (χ2n) is 7.49. The van der Waals surface area contributed by atoms with E-state index in [0.717, 1.165) is 30.5 Å². The molecule has 4 aromatic rings. The van der Waals surface area contributed by atoms with Crippen molar-refractivity contribution in [3.63, 3.8) is 0 Å². The molecule has 0 radical (unpaired) electrons. The van der Waals surface area contributed by atoms with Crippen LogP contribution < -0.4 is 0 Å². The first-order chi connectivity index (χ1) is 14.4. The van der Waals surface area contributed by atoms with Crippen LogP contribution in [0.25, 0.3) is 27.8 Å². The van der Waals surface area contributed by atoms with Gasteiger partial charge in [-0.2, -0.15) is 23.4 Å². The minimum absolute atomic E-state index is 0.00802. The summed E-state index contributed by atoms with van der Waals surface area (Å²) in [4.78, 5) is 6.14. The minimum atomic E-state index is -4.51. The van der Waals surface area contributed by atoms with Crippen LogP contribution in [0, 0.1) is 0 Å². The van der Waals surface area contributed by atoms with Crippen LogP contribution in [0.1, 0.15) is 17.5 Å². The number of pyridine rings is 1. The number of nitrogens with zero attached hydrogens (tertiary/aromatic N) is 6. The van der Waals surface area contributed by atoms with Crippen molar-refractivity contribution >= 4 is 10.9 Å². The van der Waals surface area contributed by atoms with Crippen molar-refractivity contribution in [3.05, 3.63) is 60.2 Å². The Morgan fingerprint density at radius 1 is 1.10 bits per heavy atom. The molecule has 0 spiro atoms. The molecule has 0 atom stereocenters. The number of likely N-dealkylation sites (tertiary alicyclic amines) is 1. The average molecular weight is 412 g/mol. The molecule has 0 unspecified atom stereocenters. The largest absolute Gasteiger partial charge is 0.418 e. The molecule has 0 N–H and O–H groups in total. The maximum absolute atomic E-state index is 14.2. The number of halogens is 3. The van der Waals surface area contributed by atoms with E-state index in [-0.39, 0.29) is 17.8 Å². The standard InChI is InChI=1S/C21H19F3N6/c1-28-12-15(10-26-28)20-16-6-7-25-11-18(16)30(27-20)17-5-2-4-14(13-29-8-3-9-29)19(17)21(22,23)24/h2,4-7,10-12H,3,8-9,13H2,1H3. The van der Waals surface area contributed by atoms with Crippen molar-refractivity contribution in [3.8, 4) is 16.9 Å². The van der Waals surface area contributed by atoms with E-state index in [1.807, 2.05) is 4.90 Å². The highest BCUT2D eigenvalue weighted by molar-refractivity contribution is 5.93. The number of benzene rings is 1. The Morgan fingerprint density at radius 2 is 1.93 bits per heavy atom. The van der Waals surface area contributed by atoms with Crippen molar-refractivity contribution < 1.29 is 13.2 Å². The van der Waals surface area contributed by atoms with E-state index >= 15 is 0 Å². The molecular formula is C21H19F3N6. The molecule has 1 aromatic carbocycles. The Balaban J connectivity index is 1.73. The van der Waals surface area contributed by atoms with Gasteiger partial charge in [0.25, 0.3) is 0 Å². The third-order valence-corrected chi connectivity index (χ3v) is 5.44. The van der Waals surface area contributed by atoms with Gasteiger partial charge in [-0.05, 0) is 37.2 Å². The normalized spacial score (nSPS) is 14.9. The Kier molecular flexibility index (Phi) is 4.35. The van der Waals surface area contributed by atoms with Gasteiger partial charge in [-0.3, -0.25) is 14.6 Å². The quantitative estimate of drug-likeness (QED) is 0.508. The maximum Gasteiger partial charge on any atom is 0.418 e. The SMILES string of the molecule is Cn1cc(-c2nn(-c3cccc(CN4CCC4)c3C(F)(F)F)c3cnccc23)cn1. The summed E-state index contributed by atoms with van der Waals surface area (Å²) in [6.07, 6.45) is 3.11. The van der Waals surface area contributed by atoms with Gasteiger partial charge in [0.2, 0.25) is 0 Å². The van der Waals surface area contributed by atoms with Gasteiger partial charge in [-0.1, -0.05) is 12.1 Å². The van der Waals surface area contributed by atoms with Crippen molar-refractivity contribution in [2.75, 3.05) is 13.1 Å². The number of hydrogen-bond donors (Lipinski definition) is 0. The number of alkyl halides is 3. The fourth-order valence-corrected chi connectivity index (χ4v) is 3.91. The molecular weight excluding hydrogens is 393 g/mol. The summed E-state index contributed by atoms with van der Waals surface area (Å²) in [7, 11) is 1.78. The van der Waals surface area contributed by atoms with Crippen LogP contribution in [0.4, 0.5) is 13.2 Å². The summed E-state index contributed by atoms with van der Waals surface area (Å²) in [6.45, 7) is 1.91. The van der Waals surface area contributed by atoms with E-state index in [4.69, 9.17) is 0 Å². The maximum atomic E-state index is 14.2. The highest BCUT2D eigenvalue weighted by Gasteiger charge is 2.38. The summed E-state index contributed by atoms with van der Waals surface area (Å²) < 4.78 is 45.6. The Labute approximate surface area is 170 Å². The molecule has 0 aliphatic carbocycles. The topological polar surface area (TPSA) is 51.8 Å². The Bertz CT molecular complexity index is 1220. The molecule has 5 rings (SSSR count). The second kappa shape index (κ2) is 6.94. The van der Waals surface area contributed by atoms with Gasteiger partial charge in [0.15, 0.2) is 0 Å². The first kappa shape index (κ1) is 18.8. The molecule has 6 nitrogen and oxygen atoms in total. The van der Waals surface area contributed by atoms with E-state index in [0.29, 0.717) is 11.2 Å². The van der Waals surface area contributed by atoms with Crippen LogP contribution in [0.2, 0.25) is 0 Å². The van der Waals surface area contributed by atoms with Gasteiger partial charge in [0, 0.05) is 36.9 Å². The van der Waals surface area contributed by atoms with E-state index in [1.165, 1.54) is 10.7 Å². The minimum Gasteiger partial charge on any atom is -0.299 e. The number of aromatic nitrogens is 5. The van der Waals surface area contributed by atoms with Crippen LogP contribution in [0.5, 0.6) is 0 Å². The van der Waals surface area contributed by atoms with E-state index < -0.39 is 11.7 Å². The van der Waals surface area contributed by atoms with E-state index in [1.54, 1.807) is 54.7 Å². The lowest BCUT2D eigenvalue weighted by Crippen LogP contribution is -2.37. The van der Waals surface area contributed by atoms with Gasteiger partial charge >= 0.3 is 6.18 Å². The van der Waals surface area contributed by atoms with Crippen LogP contribution in [-0.4, -0.2) is 42.5 Å². The zero-order valence-corrected chi connectivity index (χ0v) is 16.3. The van der Waals surface area contributed by atoms with Crippen molar-refractivity contribution in [2.45, 2.75) is 19.1 Å². The zero-order chi connectivity index (χ0) is 20.9. The third-order valence-electron chi connectivity index (χ3n) is 5.44. The molecule has 0 saturated carbocycles. The predicted molar refractivity (Wildman–Crippen MR) is 106 cm³/mol. The van der Waals surface area contributed by atoms with Crippen LogP contribution >= 0.6 is 0 Å². The number of fused-ring (bicyclic) bond motifs is 1. The number of rotatable bonds is 4. The van der Waals surface area contributed by atoms with Crippen molar-refractivity contribution in [1.82, 2.24) is 29.4 Å². The first-order valence-electron chi connectivity index (χ1n) is 9.65. The lowest BCUT2D eigenvalue weighted by atomic mass is 10.0. The summed E-state index contributed by atoms with van der Waals surface area (Å²) in [6, 6.07) is 6.44. The summed E-state index contributed by atoms with van der Waals surface area (Å²) in [5, 5.41) is 9.47. The Hall–Kier alpha value is -3.20. The summed E-state index contributed by atoms with van der Waals surface area (Å²) in [5.41, 5.74) is 1.44. The van der Waals surface area contributed by atoms with Crippen molar-refractivity contribution in [1.29, 1.82) is 0 Å².